The molecule has 7 nitrogen and oxygen atoms in total. The van der Waals surface area contributed by atoms with Gasteiger partial charge in [-0.15, -0.1) is 0 Å². The van der Waals surface area contributed by atoms with Gasteiger partial charge in [-0.1, -0.05) is 6.07 Å². The van der Waals surface area contributed by atoms with Crippen molar-refractivity contribution in [3.63, 3.8) is 0 Å². The summed E-state index contributed by atoms with van der Waals surface area (Å²) in [5.74, 6) is -4.48. The third-order valence-electron chi connectivity index (χ3n) is 4.74. The highest BCUT2D eigenvalue weighted by Crippen LogP contribution is 2.34. The topological polar surface area (TPSA) is 89.2 Å². The minimum absolute atomic E-state index is 0.163. The zero-order chi connectivity index (χ0) is 21.0. The molecule has 29 heavy (non-hydrogen) atoms. The van der Waals surface area contributed by atoms with Crippen molar-refractivity contribution >= 4 is 5.97 Å². The molecule has 1 saturated heterocycles. The van der Waals surface area contributed by atoms with E-state index in [1.165, 1.54) is 19.2 Å². The Kier molecular flexibility index (Phi) is 6.60. The molecule has 3 rings (SSSR count). The van der Waals surface area contributed by atoms with E-state index in [1.54, 1.807) is 0 Å². The molecule has 1 aromatic carbocycles. The molecule has 1 fully saturated rings. The molecule has 156 valence electrons. The third kappa shape index (κ3) is 4.99. The van der Waals surface area contributed by atoms with Gasteiger partial charge in [-0.25, -0.2) is 8.78 Å². The first-order valence-corrected chi connectivity index (χ1v) is 9.06. The molecule has 0 unspecified atom stereocenters. The fourth-order valence-corrected chi connectivity index (χ4v) is 3.19. The second kappa shape index (κ2) is 9.15. The summed E-state index contributed by atoms with van der Waals surface area (Å²) in [6, 6.07) is 4.24. The van der Waals surface area contributed by atoms with Gasteiger partial charge in [0.25, 0.3) is 0 Å². The van der Waals surface area contributed by atoms with Crippen molar-refractivity contribution in [1.82, 2.24) is 4.90 Å². The molecule has 0 spiro atoms. The van der Waals surface area contributed by atoms with Crippen LogP contribution in [0.15, 0.2) is 33.5 Å². The highest BCUT2D eigenvalue weighted by Gasteiger charge is 2.28. The lowest BCUT2D eigenvalue weighted by molar-refractivity contribution is -0.140. The molecule has 1 aliphatic rings. The zero-order valence-corrected chi connectivity index (χ0v) is 15.8. The van der Waals surface area contributed by atoms with Crippen molar-refractivity contribution in [2.45, 2.75) is 18.9 Å². The largest absolute Gasteiger partial charge is 0.502 e. The van der Waals surface area contributed by atoms with Crippen LogP contribution in [-0.4, -0.2) is 49.4 Å². The smallest absolute Gasteiger partial charge is 0.306 e. The summed E-state index contributed by atoms with van der Waals surface area (Å²) in [6.45, 7) is 2.70. The lowest BCUT2D eigenvalue weighted by Crippen LogP contribution is -2.35. The van der Waals surface area contributed by atoms with Crippen molar-refractivity contribution < 1.29 is 32.6 Å². The quantitative estimate of drug-likeness (QED) is 0.732. The number of carbonyl (C=O) groups is 1. The Balaban J connectivity index is 2.02. The Morgan fingerprint density at radius 2 is 1.97 bits per heavy atom. The number of benzene rings is 1. The monoisotopic (exact) mass is 409 g/mol. The van der Waals surface area contributed by atoms with E-state index in [-0.39, 0.29) is 23.5 Å². The SMILES string of the molecule is COC(=O)C[C@H](c1ccc(F)c(F)c1)c1oc(CN2CCOCC2)cc(=O)c1O. The first-order valence-electron chi connectivity index (χ1n) is 9.06. The maximum Gasteiger partial charge on any atom is 0.306 e. The number of aromatic hydroxyl groups is 1. The molecule has 1 aromatic heterocycles. The normalized spacial score (nSPS) is 15.8. The van der Waals surface area contributed by atoms with Gasteiger partial charge in [-0.3, -0.25) is 14.5 Å². The number of carbonyl (C=O) groups excluding carboxylic acids is 1. The van der Waals surface area contributed by atoms with Gasteiger partial charge < -0.3 is 19.0 Å². The van der Waals surface area contributed by atoms with Crippen LogP contribution in [0.4, 0.5) is 8.78 Å². The minimum atomic E-state index is -1.12. The Hall–Kier alpha value is -2.78. The number of nitrogens with zero attached hydrogens (tertiary/aromatic N) is 1. The van der Waals surface area contributed by atoms with E-state index in [1.807, 2.05) is 4.90 Å². The average Bonchev–Trinajstić information content (AvgIpc) is 2.71. The third-order valence-corrected chi connectivity index (χ3v) is 4.74. The Morgan fingerprint density at radius 1 is 1.24 bits per heavy atom. The Morgan fingerprint density at radius 3 is 2.62 bits per heavy atom. The van der Waals surface area contributed by atoms with E-state index in [0.717, 1.165) is 12.1 Å². The van der Waals surface area contributed by atoms with E-state index in [9.17, 15) is 23.5 Å². The highest BCUT2D eigenvalue weighted by molar-refractivity contribution is 5.71. The lowest BCUT2D eigenvalue weighted by Gasteiger charge is -2.26. The van der Waals surface area contributed by atoms with Crippen LogP contribution in [-0.2, 0) is 20.8 Å². The van der Waals surface area contributed by atoms with Crippen LogP contribution in [0.1, 0.15) is 29.4 Å². The van der Waals surface area contributed by atoms with Crippen LogP contribution in [0.2, 0.25) is 0 Å². The first kappa shape index (κ1) is 20.9. The fraction of sp³-hybridized carbons (Fsp3) is 0.400. The molecule has 0 saturated carbocycles. The molecule has 1 aliphatic heterocycles. The number of hydrogen-bond acceptors (Lipinski definition) is 7. The van der Waals surface area contributed by atoms with Gasteiger partial charge in [0.15, 0.2) is 17.4 Å². The standard InChI is InChI=1S/C20H21F2NO6/c1-27-18(25)10-14(12-2-3-15(21)16(22)8-12)20-19(26)17(24)9-13(29-20)11-23-4-6-28-7-5-23/h2-3,8-9,14,26H,4-7,10-11H2,1H3/t14-/m1/s1. The molecule has 1 N–H and O–H groups in total. The molecule has 0 aliphatic carbocycles. The van der Waals surface area contributed by atoms with Gasteiger partial charge in [-0.05, 0) is 17.7 Å². The maximum absolute atomic E-state index is 13.8. The number of morpholine rings is 1. The zero-order valence-electron chi connectivity index (χ0n) is 15.8. The molecular weight excluding hydrogens is 388 g/mol. The van der Waals surface area contributed by atoms with E-state index in [4.69, 9.17) is 9.15 Å². The lowest BCUT2D eigenvalue weighted by atomic mass is 9.92. The van der Waals surface area contributed by atoms with Crippen LogP contribution < -0.4 is 5.43 Å². The number of ether oxygens (including phenoxy) is 2. The molecule has 0 radical (unpaired) electrons. The summed E-state index contributed by atoms with van der Waals surface area (Å²) in [6.07, 6.45) is -0.334. The van der Waals surface area contributed by atoms with Crippen molar-refractivity contribution in [3.8, 4) is 5.75 Å². The predicted octanol–water partition coefficient (Wildman–Crippen LogP) is 2.15. The molecule has 9 heteroatoms. The minimum Gasteiger partial charge on any atom is -0.502 e. The first-order chi connectivity index (χ1) is 13.9. The van der Waals surface area contributed by atoms with Gasteiger partial charge in [-0.2, -0.15) is 0 Å². The van der Waals surface area contributed by atoms with Crippen LogP contribution >= 0.6 is 0 Å². The van der Waals surface area contributed by atoms with Crippen LogP contribution in [0, 0.1) is 11.6 Å². The Bertz CT molecular complexity index is 939. The molecule has 2 aromatic rings. The molecule has 1 atom stereocenters. The number of esters is 1. The second-order valence-electron chi connectivity index (χ2n) is 6.68. The van der Waals surface area contributed by atoms with Gasteiger partial charge >= 0.3 is 5.97 Å². The summed E-state index contributed by atoms with van der Waals surface area (Å²) < 4.78 is 42.9. The van der Waals surface area contributed by atoms with Gasteiger partial charge in [0.1, 0.15) is 5.76 Å². The summed E-state index contributed by atoms with van der Waals surface area (Å²) in [5, 5.41) is 10.3. The van der Waals surface area contributed by atoms with E-state index >= 15 is 0 Å². The van der Waals surface area contributed by atoms with Crippen LogP contribution in [0.5, 0.6) is 5.75 Å². The average molecular weight is 409 g/mol. The number of rotatable bonds is 6. The van der Waals surface area contributed by atoms with Gasteiger partial charge in [0.2, 0.25) is 11.2 Å². The molecule has 0 amide bonds. The van der Waals surface area contributed by atoms with Crippen LogP contribution in [0.25, 0.3) is 0 Å². The summed E-state index contributed by atoms with van der Waals surface area (Å²) in [4.78, 5) is 26.2. The van der Waals surface area contributed by atoms with Gasteiger partial charge in [0.05, 0.1) is 39.2 Å². The maximum atomic E-state index is 13.8. The molecule has 2 heterocycles. The van der Waals surface area contributed by atoms with Crippen molar-refractivity contribution in [2.75, 3.05) is 33.4 Å². The van der Waals surface area contributed by atoms with Crippen LogP contribution in [0.3, 0.4) is 0 Å². The van der Waals surface area contributed by atoms with Crippen molar-refractivity contribution in [3.05, 3.63) is 63.2 Å². The number of halogens is 2. The number of methoxy groups -OCH3 is 1. The van der Waals surface area contributed by atoms with E-state index in [0.29, 0.717) is 32.8 Å². The van der Waals surface area contributed by atoms with Crippen molar-refractivity contribution in [1.29, 1.82) is 0 Å². The number of hydrogen-bond donors (Lipinski definition) is 1. The summed E-state index contributed by atoms with van der Waals surface area (Å²) in [7, 11) is 1.18. The fourth-order valence-electron chi connectivity index (χ4n) is 3.19. The van der Waals surface area contributed by atoms with Gasteiger partial charge in [0, 0.05) is 19.2 Å². The second-order valence-corrected chi connectivity index (χ2v) is 6.68. The molecule has 0 bridgehead atoms. The summed E-state index contributed by atoms with van der Waals surface area (Å²) >= 11 is 0. The predicted molar refractivity (Wildman–Crippen MR) is 97.6 cm³/mol. The molecular formula is C20H21F2NO6. The Labute approximate surface area is 165 Å². The summed E-state index contributed by atoms with van der Waals surface area (Å²) in [5.41, 5.74) is -0.525. The van der Waals surface area contributed by atoms with Crippen molar-refractivity contribution in [2.24, 2.45) is 0 Å². The van der Waals surface area contributed by atoms with E-state index in [2.05, 4.69) is 4.74 Å². The highest BCUT2D eigenvalue weighted by atomic mass is 19.2. The van der Waals surface area contributed by atoms with E-state index < -0.39 is 34.7 Å².